The number of aromatic nitrogens is 4. The van der Waals surface area contributed by atoms with Crippen LogP contribution in [0.3, 0.4) is 0 Å². The maximum absolute atomic E-state index is 13.1. The molecule has 0 aliphatic rings. The number of rotatable bonds is 4. The van der Waals surface area contributed by atoms with E-state index in [4.69, 9.17) is 0 Å². The Balaban J connectivity index is 1.95. The number of nitrogens with one attached hydrogen (secondary N) is 1. The Morgan fingerprint density at radius 1 is 1.27 bits per heavy atom. The Kier molecular flexibility index (Phi) is 4.72. The molecule has 0 aliphatic carbocycles. The molecule has 136 valence electrons. The van der Waals surface area contributed by atoms with Crippen LogP contribution in [0.5, 0.6) is 0 Å². The second-order valence-electron chi connectivity index (χ2n) is 5.27. The molecule has 0 spiro atoms. The summed E-state index contributed by atoms with van der Waals surface area (Å²) in [6.07, 6.45) is -1.81. The van der Waals surface area contributed by atoms with E-state index < -0.39 is 17.0 Å². The fourth-order valence-corrected chi connectivity index (χ4v) is 2.79. The van der Waals surface area contributed by atoms with Gasteiger partial charge in [-0.05, 0) is 25.1 Å². The summed E-state index contributed by atoms with van der Waals surface area (Å²) in [5.74, 6) is -0.327. The fourth-order valence-electron chi connectivity index (χ4n) is 2.18. The van der Waals surface area contributed by atoms with Crippen LogP contribution >= 0.6 is 11.3 Å². The molecule has 0 fully saturated rings. The highest BCUT2D eigenvalue weighted by molar-refractivity contribution is 7.12. The van der Waals surface area contributed by atoms with Crippen molar-refractivity contribution in [2.24, 2.45) is 12.1 Å². The summed E-state index contributed by atoms with van der Waals surface area (Å²) in [6.45, 7) is 1.67. The van der Waals surface area contributed by atoms with Crippen molar-refractivity contribution in [3.63, 3.8) is 0 Å². The molecule has 0 aromatic carbocycles. The van der Waals surface area contributed by atoms with Crippen molar-refractivity contribution >= 4 is 23.5 Å². The quantitative estimate of drug-likeness (QED) is 0.422. The molecule has 3 rings (SSSR count). The number of thiophene rings is 1. The molecule has 0 unspecified atom stereocenters. The summed E-state index contributed by atoms with van der Waals surface area (Å²) in [5, 5.41) is 7.48. The van der Waals surface area contributed by atoms with E-state index in [-0.39, 0.29) is 11.6 Å². The van der Waals surface area contributed by atoms with Gasteiger partial charge < -0.3 is 0 Å². The van der Waals surface area contributed by atoms with Crippen molar-refractivity contribution in [2.75, 3.05) is 5.43 Å². The number of aryl methyl sites for hydroxylation is 2. The summed E-state index contributed by atoms with van der Waals surface area (Å²) < 4.78 is 53.8. The molecule has 0 radical (unpaired) electrons. The van der Waals surface area contributed by atoms with Crippen LogP contribution in [0.4, 0.5) is 23.5 Å². The molecule has 0 bridgehead atoms. The predicted octanol–water partition coefficient (Wildman–Crippen LogP) is 3.85. The molecule has 3 heterocycles. The van der Waals surface area contributed by atoms with Gasteiger partial charge in [-0.3, -0.25) is 4.68 Å². The van der Waals surface area contributed by atoms with Gasteiger partial charge in [0.1, 0.15) is 0 Å². The molecule has 6 nitrogen and oxygen atoms in total. The molecule has 3 aromatic heterocycles. The van der Waals surface area contributed by atoms with Crippen LogP contribution in [0.15, 0.2) is 29.5 Å². The first-order valence-electron chi connectivity index (χ1n) is 7.23. The van der Waals surface area contributed by atoms with Crippen molar-refractivity contribution in [2.45, 2.75) is 13.1 Å². The standard InChI is InChI=1S/C15H12F4N6S/c1-8-10(7-25(2)24-8)11-5-12(15(17,18)19)22-14(21-11)23-20-6-9-3-4-13(16)26-9/h3-7H,1-2H3,(H,21,22,23)/b20-6+. The van der Waals surface area contributed by atoms with Gasteiger partial charge in [-0.25, -0.2) is 15.4 Å². The summed E-state index contributed by atoms with van der Waals surface area (Å²) >= 11 is 0.847. The number of nitrogens with zero attached hydrogens (tertiary/aromatic N) is 5. The van der Waals surface area contributed by atoms with Crippen molar-refractivity contribution < 1.29 is 17.6 Å². The Bertz CT molecular complexity index is 959. The van der Waals surface area contributed by atoms with Gasteiger partial charge in [0, 0.05) is 18.8 Å². The lowest BCUT2D eigenvalue weighted by atomic mass is 10.1. The van der Waals surface area contributed by atoms with Crippen LogP contribution in [-0.2, 0) is 13.2 Å². The minimum atomic E-state index is -4.65. The van der Waals surface area contributed by atoms with Gasteiger partial charge in [-0.2, -0.15) is 27.8 Å². The molecule has 0 saturated heterocycles. The van der Waals surface area contributed by atoms with Gasteiger partial charge in [-0.1, -0.05) is 0 Å². The maximum Gasteiger partial charge on any atom is 0.433 e. The lowest BCUT2D eigenvalue weighted by Gasteiger charge is -2.09. The molecule has 0 saturated carbocycles. The van der Waals surface area contributed by atoms with E-state index in [1.54, 1.807) is 20.2 Å². The van der Waals surface area contributed by atoms with Crippen molar-refractivity contribution in [3.05, 3.63) is 45.8 Å². The summed E-state index contributed by atoms with van der Waals surface area (Å²) in [4.78, 5) is 8.00. The number of alkyl halides is 3. The van der Waals surface area contributed by atoms with Crippen molar-refractivity contribution in [3.8, 4) is 11.3 Å². The molecular formula is C15H12F4N6S. The predicted molar refractivity (Wildman–Crippen MR) is 89.5 cm³/mol. The molecule has 0 amide bonds. The van der Waals surface area contributed by atoms with Crippen LogP contribution in [-0.4, -0.2) is 26.0 Å². The largest absolute Gasteiger partial charge is 0.433 e. The lowest BCUT2D eigenvalue weighted by molar-refractivity contribution is -0.141. The SMILES string of the molecule is Cc1nn(C)cc1-c1cc(C(F)(F)F)nc(N/N=C/c2ccc(F)s2)n1. The normalized spacial score (nSPS) is 12.1. The van der Waals surface area contributed by atoms with E-state index in [2.05, 4.69) is 25.6 Å². The van der Waals surface area contributed by atoms with E-state index in [0.29, 0.717) is 16.1 Å². The number of anilines is 1. The smallest absolute Gasteiger partial charge is 0.275 e. The number of hydrazone groups is 1. The van der Waals surface area contributed by atoms with Gasteiger partial charge in [0.2, 0.25) is 5.95 Å². The van der Waals surface area contributed by atoms with Gasteiger partial charge >= 0.3 is 6.18 Å². The van der Waals surface area contributed by atoms with Gasteiger partial charge in [0.25, 0.3) is 0 Å². The Morgan fingerprint density at radius 3 is 2.62 bits per heavy atom. The first kappa shape index (κ1) is 18.0. The Labute approximate surface area is 149 Å². The number of halogens is 4. The second-order valence-corrected chi connectivity index (χ2v) is 6.34. The highest BCUT2D eigenvalue weighted by atomic mass is 32.1. The molecule has 1 N–H and O–H groups in total. The van der Waals surface area contributed by atoms with Crippen molar-refractivity contribution in [1.29, 1.82) is 0 Å². The Morgan fingerprint density at radius 2 is 2.04 bits per heavy atom. The van der Waals surface area contributed by atoms with E-state index in [0.717, 1.165) is 17.4 Å². The third kappa shape index (κ3) is 4.04. The first-order chi connectivity index (χ1) is 12.2. The van der Waals surface area contributed by atoms with Crippen molar-refractivity contribution in [1.82, 2.24) is 19.7 Å². The molecule has 0 atom stereocenters. The highest BCUT2D eigenvalue weighted by Gasteiger charge is 2.34. The average molecular weight is 384 g/mol. The molecule has 0 aliphatic heterocycles. The number of hydrogen-bond acceptors (Lipinski definition) is 6. The zero-order valence-corrected chi connectivity index (χ0v) is 14.4. The van der Waals surface area contributed by atoms with Crippen LogP contribution < -0.4 is 5.43 Å². The number of hydrogen-bond donors (Lipinski definition) is 1. The average Bonchev–Trinajstić information content (AvgIpc) is 3.11. The summed E-state index contributed by atoms with van der Waals surface area (Å²) in [5.41, 5.74) is 2.30. The first-order valence-corrected chi connectivity index (χ1v) is 8.05. The van der Waals surface area contributed by atoms with Crippen LogP contribution in [0.1, 0.15) is 16.3 Å². The Hall–Kier alpha value is -2.82. The zero-order chi connectivity index (χ0) is 18.9. The summed E-state index contributed by atoms with van der Waals surface area (Å²) in [6, 6.07) is 3.60. The fraction of sp³-hybridized carbons (Fsp3) is 0.200. The van der Waals surface area contributed by atoms with Crippen LogP contribution in [0.2, 0.25) is 0 Å². The van der Waals surface area contributed by atoms with Gasteiger partial charge in [-0.15, -0.1) is 11.3 Å². The molecular weight excluding hydrogens is 372 g/mol. The van der Waals surface area contributed by atoms with E-state index in [1.165, 1.54) is 23.0 Å². The minimum Gasteiger partial charge on any atom is -0.275 e. The van der Waals surface area contributed by atoms with Gasteiger partial charge in [0.15, 0.2) is 10.8 Å². The van der Waals surface area contributed by atoms with E-state index >= 15 is 0 Å². The third-order valence-corrected chi connectivity index (χ3v) is 4.06. The van der Waals surface area contributed by atoms with Gasteiger partial charge in [0.05, 0.1) is 22.5 Å². The topological polar surface area (TPSA) is 68.0 Å². The molecule has 3 aromatic rings. The molecule has 26 heavy (non-hydrogen) atoms. The molecule has 11 heteroatoms. The zero-order valence-electron chi connectivity index (χ0n) is 13.5. The van der Waals surface area contributed by atoms with Crippen LogP contribution in [0, 0.1) is 12.1 Å². The van der Waals surface area contributed by atoms with E-state index in [1.807, 2.05) is 0 Å². The van der Waals surface area contributed by atoms with Crippen LogP contribution in [0.25, 0.3) is 11.3 Å². The maximum atomic E-state index is 13.1. The van der Waals surface area contributed by atoms with E-state index in [9.17, 15) is 17.6 Å². The third-order valence-electron chi connectivity index (χ3n) is 3.26. The summed E-state index contributed by atoms with van der Waals surface area (Å²) in [7, 11) is 1.66. The lowest BCUT2D eigenvalue weighted by Crippen LogP contribution is -2.11. The monoisotopic (exact) mass is 384 g/mol. The highest BCUT2D eigenvalue weighted by Crippen LogP contribution is 2.31. The minimum absolute atomic E-state index is 0.0674. The second kappa shape index (κ2) is 6.83.